The lowest BCUT2D eigenvalue weighted by Gasteiger charge is -2.15. The molecule has 1 aliphatic rings. The highest BCUT2D eigenvalue weighted by atomic mass is 127. The predicted octanol–water partition coefficient (Wildman–Crippen LogP) is 6.92. The van der Waals surface area contributed by atoms with Gasteiger partial charge in [0.25, 0.3) is 5.91 Å². The molecule has 0 spiro atoms. The molecule has 4 rings (SSSR count). The molecule has 1 saturated heterocycles. The van der Waals surface area contributed by atoms with Crippen molar-refractivity contribution in [3.05, 3.63) is 90.3 Å². The highest BCUT2D eigenvalue weighted by molar-refractivity contribution is 14.1. The number of nitriles is 1. The predicted molar refractivity (Wildman–Crippen MR) is 151 cm³/mol. The van der Waals surface area contributed by atoms with E-state index in [1.807, 2.05) is 54.6 Å². The second-order valence-corrected chi connectivity index (χ2v) is 10.8. The van der Waals surface area contributed by atoms with Gasteiger partial charge in [-0.3, -0.25) is 9.69 Å². The maximum atomic E-state index is 13.1. The van der Waals surface area contributed by atoms with E-state index < -0.39 is 0 Å². The number of thiocarbonyl (C=S) groups is 1. The minimum atomic E-state index is -0.171. The molecule has 0 bridgehead atoms. The number of halogens is 2. The van der Waals surface area contributed by atoms with Crippen LogP contribution >= 0.6 is 62.5 Å². The summed E-state index contributed by atoms with van der Waals surface area (Å²) >= 11 is 12.4. The lowest BCUT2D eigenvalue weighted by Crippen LogP contribution is -2.27. The molecule has 0 radical (unpaired) electrons. The highest BCUT2D eigenvalue weighted by Gasteiger charge is 2.33. The molecule has 0 N–H and O–H groups in total. The largest absolute Gasteiger partial charge is 0.493 e. The normalized spacial score (nSPS) is 14.4. The fraction of sp³-hybridized carbons (Fsp3) is 0.0800. The average molecular weight is 663 g/mol. The summed E-state index contributed by atoms with van der Waals surface area (Å²) in [6.07, 6.45) is 1.80. The van der Waals surface area contributed by atoms with E-state index in [-0.39, 0.29) is 12.5 Å². The third-order valence-electron chi connectivity index (χ3n) is 4.92. The van der Waals surface area contributed by atoms with Gasteiger partial charge in [-0.05, 0) is 70.6 Å². The molecule has 5 nitrogen and oxygen atoms in total. The summed E-state index contributed by atoms with van der Waals surface area (Å²) in [6, 6.07) is 20.7. The molecule has 3 aromatic rings. The van der Waals surface area contributed by atoms with E-state index in [0.717, 1.165) is 19.2 Å². The third-order valence-corrected chi connectivity index (χ3v) is 7.52. The number of thioether (sulfide) groups is 1. The van der Waals surface area contributed by atoms with Gasteiger partial charge in [0.05, 0.1) is 32.9 Å². The molecule has 0 atom stereocenters. The first-order chi connectivity index (χ1) is 16.4. The van der Waals surface area contributed by atoms with E-state index in [2.05, 4.69) is 44.6 Å². The van der Waals surface area contributed by atoms with E-state index >= 15 is 0 Å². The van der Waals surface area contributed by atoms with Crippen LogP contribution in [-0.4, -0.2) is 17.3 Å². The Hall–Kier alpha value is -2.39. The topological polar surface area (TPSA) is 62.6 Å². The maximum Gasteiger partial charge on any atom is 0.270 e. The van der Waals surface area contributed by atoms with Gasteiger partial charge in [-0.15, -0.1) is 0 Å². The number of benzene rings is 3. The minimum Gasteiger partial charge on any atom is -0.493 e. The summed E-state index contributed by atoms with van der Waals surface area (Å²) in [5.74, 6) is 0.945. The van der Waals surface area contributed by atoms with E-state index in [9.17, 15) is 10.1 Å². The smallest absolute Gasteiger partial charge is 0.270 e. The van der Waals surface area contributed by atoms with Gasteiger partial charge in [0.1, 0.15) is 6.61 Å². The first-order valence-electron chi connectivity index (χ1n) is 9.93. The van der Waals surface area contributed by atoms with Crippen molar-refractivity contribution in [2.45, 2.75) is 6.61 Å². The lowest BCUT2D eigenvalue weighted by molar-refractivity contribution is -0.113. The number of amides is 1. The Bertz CT molecular complexity index is 1370. The van der Waals surface area contributed by atoms with Crippen molar-refractivity contribution in [1.82, 2.24) is 0 Å². The Labute approximate surface area is 229 Å². The van der Waals surface area contributed by atoms with Crippen LogP contribution in [0.2, 0.25) is 0 Å². The first kappa shape index (κ1) is 24.7. The standard InChI is InChI=1S/C25H16BrIN2O3S2/c1-31-21-10-15(9-20(27)23(21)32-14-17-6-3-2-5-16(17)13-28)11-22-24(30)29(25(33)34-22)19-8-4-7-18(26)12-19/h2-12H,14H2,1H3/b22-11+. The number of nitrogens with zero attached hydrogens (tertiary/aromatic N) is 2. The zero-order valence-corrected chi connectivity index (χ0v) is 23.1. The van der Waals surface area contributed by atoms with Crippen LogP contribution in [0.1, 0.15) is 16.7 Å². The monoisotopic (exact) mass is 662 g/mol. The van der Waals surface area contributed by atoms with Crippen LogP contribution in [0.4, 0.5) is 5.69 Å². The van der Waals surface area contributed by atoms with E-state index in [1.54, 1.807) is 19.3 Å². The molecule has 1 heterocycles. The summed E-state index contributed by atoms with van der Waals surface area (Å²) in [5.41, 5.74) is 2.87. The Morgan fingerprint density at radius 2 is 2.00 bits per heavy atom. The molecular weight excluding hydrogens is 647 g/mol. The van der Waals surface area contributed by atoms with Crippen molar-refractivity contribution in [1.29, 1.82) is 5.26 Å². The number of carbonyl (C=O) groups excluding carboxylic acids is 1. The van der Waals surface area contributed by atoms with Gasteiger partial charge < -0.3 is 9.47 Å². The average Bonchev–Trinajstić information content (AvgIpc) is 3.10. The van der Waals surface area contributed by atoms with E-state index in [0.29, 0.717) is 32.0 Å². The van der Waals surface area contributed by atoms with Crippen LogP contribution in [0, 0.1) is 14.9 Å². The van der Waals surface area contributed by atoms with Crippen LogP contribution in [0.3, 0.4) is 0 Å². The SMILES string of the molecule is COc1cc(/C=C2/SC(=S)N(c3cccc(Br)c3)C2=O)cc(I)c1OCc1ccccc1C#N. The number of methoxy groups -OCH3 is 1. The van der Waals surface area contributed by atoms with Gasteiger partial charge in [0.15, 0.2) is 15.8 Å². The van der Waals surface area contributed by atoms with E-state index in [1.165, 1.54) is 16.7 Å². The summed E-state index contributed by atoms with van der Waals surface area (Å²) in [6.45, 7) is 0.237. The van der Waals surface area contributed by atoms with Crippen LogP contribution in [0.25, 0.3) is 6.08 Å². The Morgan fingerprint density at radius 1 is 1.21 bits per heavy atom. The van der Waals surface area contributed by atoms with Crippen molar-refractivity contribution in [3.63, 3.8) is 0 Å². The fourth-order valence-corrected chi connectivity index (χ4v) is 5.79. The molecule has 3 aromatic carbocycles. The van der Waals surface area contributed by atoms with Gasteiger partial charge in [-0.1, -0.05) is 64.2 Å². The van der Waals surface area contributed by atoms with Crippen molar-refractivity contribution in [2.24, 2.45) is 0 Å². The Balaban J connectivity index is 1.60. The van der Waals surface area contributed by atoms with Crippen LogP contribution in [-0.2, 0) is 11.4 Å². The van der Waals surface area contributed by atoms with E-state index in [4.69, 9.17) is 21.7 Å². The molecule has 170 valence electrons. The van der Waals surface area contributed by atoms with Crippen molar-refractivity contribution < 1.29 is 14.3 Å². The van der Waals surface area contributed by atoms with Gasteiger partial charge in [0.2, 0.25) is 0 Å². The molecule has 34 heavy (non-hydrogen) atoms. The molecule has 1 fully saturated rings. The van der Waals surface area contributed by atoms with Gasteiger partial charge in [-0.25, -0.2) is 0 Å². The number of carbonyl (C=O) groups is 1. The molecule has 0 unspecified atom stereocenters. The second kappa shape index (κ2) is 10.9. The van der Waals surface area contributed by atoms with Crippen LogP contribution in [0.5, 0.6) is 11.5 Å². The molecule has 0 saturated carbocycles. The summed E-state index contributed by atoms with van der Waals surface area (Å²) in [5, 5.41) is 9.31. The summed E-state index contributed by atoms with van der Waals surface area (Å²) in [7, 11) is 1.57. The van der Waals surface area contributed by atoms with Gasteiger partial charge in [-0.2, -0.15) is 5.26 Å². The first-order valence-corrected chi connectivity index (χ1v) is 13.0. The molecule has 9 heteroatoms. The molecule has 1 aliphatic heterocycles. The maximum absolute atomic E-state index is 13.1. The Kier molecular flexibility index (Phi) is 7.93. The van der Waals surface area contributed by atoms with Gasteiger partial charge in [0, 0.05) is 10.0 Å². The number of hydrogen-bond donors (Lipinski definition) is 0. The van der Waals surface area contributed by atoms with Crippen LogP contribution in [0.15, 0.2) is 70.0 Å². The second-order valence-electron chi connectivity index (χ2n) is 7.09. The number of rotatable bonds is 6. The quantitative estimate of drug-likeness (QED) is 0.162. The molecule has 1 amide bonds. The van der Waals surface area contributed by atoms with Crippen molar-refractivity contribution in [2.75, 3.05) is 12.0 Å². The van der Waals surface area contributed by atoms with Crippen LogP contribution < -0.4 is 14.4 Å². The minimum absolute atomic E-state index is 0.171. The number of hydrogen-bond acceptors (Lipinski definition) is 6. The number of anilines is 1. The highest BCUT2D eigenvalue weighted by Crippen LogP contribution is 2.39. The lowest BCUT2D eigenvalue weighted by atomic mass is 10.1. The molecule has 0 aromatic heterocycles. The zero-order chi connectivity index (χ0) is 24.2. The van der Waals surface area contributed by atoms with Crippen molar-refractivity contribution in [3.8, 4) is 17.6 Å². The molecular formula is C25H16BrIN2O3S2. The van der Waals surface area contributed by atoms with Crippen molar-refractivity contribution >= 4 is 84.5 Å². The van der Waals surface area contributed by atoms with Gasteiger partial charge >= 0.3 is 0 Å². The Morgan fingerprint density at radius 3 is 2.74 bits per heavy atom. The summed E-state index contributed by atoms with van der Waals surface area (Å²) < 4.78 is 13.8. The summed E-state index contributed by atoms with van der Waals surface area (Å²) in [4.78, 5) is 15.2. The fourth-order valence-electron chi connectivity index (χ4n) is 3.33. The molecule has 0 aliphatic carbocycles. The number of ether oxygens (including phenoxy) is 2. The third kappa shape index (κ3) is 5.30. The zero-order valence-electron chi connectivity index (χ0n) is 17.7.